The van der Waals surface area contributed by atoms with Crippen LogP contribution in [0.4, 0.5) is 0 Å². The number of hydrogen-bond acceptors (Lipinski definition) is 5. The predicted molar refractivity (Wildman–Crippen MR) is 68.0 cm³/mol. The lowest BCUT2D eigenvalue weighted by Crippen LogP contribution is -2.07. The Morgan fingerprint density at radius 3 is 2.89 bits per heavy atom. The molecule has 0 aliphatic heterocycles. The first-order valence-corrected chi connectivity index (χ1v) is 5.88. The molecule has 0 aliphatic carbocycles. The number of aliphatic carboxylic acids is 1. The Hall–Kier alpha value is -2.21. The zero-order valence-corrected chi connectivity index (χ0v) is 10.0. The summed E-state index contributed by atoms with van der Waals surface area (Å²) in [6, 6.07) is 9.48. The average molecular weight is 263 g/mol. The summed E-state index contributed by atoms with van der Waals surface area (Å²) in [4.78, 5) is 26.4. The summed E-state index contributed by atoms with van der Waals surface area (Å²) in [6.45, 7) is -0.567. The third-order valence-electron chi connectivity index (χ3n) is 2.14. The first-order chi connectivity index (χ1) is 8.70. The molecule has 0 unspecified atom stereocenters. The quantitative estimate of drug-likeness (QED) is 0.508. The smallest absolute Gasteiger partial charge is 0.344 e. The molecule has 0 bridgehead atoms. The molecule has 1 aromatic carbocycles. The highest BCUT2D eigenvalue weighted by Crippen LogP contribution is 2.25. The summed E-state index contributed by atoms with van der Waals surface area (Å²) in [6.07, 6.45) is 0.548. The molecular weight excluding hydrogens is 254 g/mol. The number of thiophene rings is 1. The number of carbonyl (C=O) groups is 2. The van der Waals surface area contributed by atoms with E-state index in [0.717, 1.165) is 10.1 Å². The van der Waals surface area contributed by atoms with E-state index in [1.54, 1.807) is 0 Å². The molecule has 0 aliphatic rings. The molecule has 0 saturated heterocycles. The fraction of sp³-hybridized carbons (Fsp3) is 0.0833. The topological polar surface area (TPSA) is 76.0 Å². The van der Waals surface area contributed by atoms with E-state index in [9.17, 15) is 9.59 Å². The van der Waals surface area contributed by atoms with Gasteiger partial charge in [-0.05, 0) is 17.5 Å². The van der Waals surface area contributed by atoms with E-state index >= 15 is 0 Å². The maximum Gasteiger partial charge on any atom is 0.344 e. The van der Waals surface area contributed by atoms with Gasteiger partial charge in [0.25, 0.3) is 0 Å². The molecule has 2 aromatic rings. The fourth-order valence-electron chi connectivity index (χ4n) is 1.39. The molecule has 5 nitrogen and oxygen atoms in total. The van der Waals surface area contributed by atoms with E-state index in [0.29, 0.717) is 11.2 Å². The fourth-order valence-corrected chi connectivity index (χ4v) is 2.39. The molecule has 1 heterocycles. The van der Waals surface area contributed by atoms with E-state index in [1.165, 1.54) is 11.3 Å². The molecule has 92 valence electrons. The number of rotatable bonds is 5. The summed E-state index contributed by atoms with van der Waals surface area (Å²) >= 11 is 1.40. The number of oxime groups is 1. The van der Waals surface area contributed by atoms with E-state index < -0.39 is 12.6 Å². The molecule has 0 amide bonds. The van der Waals surface area contributed by atoms with Crippen molar-refractivity contribution >= 4 is 39.4 Å². The lowest BCUT2D eigenvalue weighted by molar-refractivity contribution is -0.142. The van der Waals surface area contributed by atoms with E-state index in [4.69, 9.17) is 5.11 Å². The summed E-state index contributed by atoms with van der Waals surface area (Å²) in [7, 11) is 0. The van der Waals surface area contributed by atoms with Crippen LogP contribution in [0.2, 0.25) is 0 Å². The predicted octanol–water partition coefficient (Wildman–Crippen LogP) is 1.91. The van der Waals surface area contributed by atoms with Crippen molar-refractivity contribution in [3.63, 3.8) is 0 Å². The van der Waals surface area contributed by atoms with Crippen molar-refractivity contribution in [2.24, 2.45) is 5.16 Å². The minimum Gasteiger partial charge on any atom is -0.479 e. The summed E-state index contributed by atoms with van der Waals surface area (Å²) < 4.78 is 1.03. The Labute approximate surface area is 106 Å². The number of fused-ring (bicyclic) bond motifs is 1. The van der Waals surface area contributed by atoms with E-state index in [1.807, 2.05) is 30.3 Å². The molecule has 1 aromatic heterocycles. The SMILES string of the molecule is O=CC(=NOCC(=O)O)c1cc2ccccc2s1. The van der Waals surface area contributed by atoms with Crippen LogP contribution in [-0.4, -0.2) is 29.7 Å². The molecule has 0 saturated carbocycles. The van der Waals surface area contributed by atoms with Crippen LogP contribution >= 0.6 is 11.3 Å². The number of hydrogen-bond donors (Lipinski definition) is 1. The highest BCUT2D eigenvalue weighted by atomic mass is 32.1. The van der Waals surface area contributed by atoms with Crippen LogP contribution in [0.5, 0.6) is 0 Å². The van der Waals surface area contributed by atoms with Crippen LogP contribution in [0.3, 0.4) is 0 Å². The zero-order chi connectivity index (χ0) is 13.0. The molecule has 1 N–H and O–H groups in total. The largest absolute Gasteiger partial charge is 0.479 e. The van der Waals surface area contributed by atoms with Crippen LogP contribution in [-0.2, 0) is 14.4 Å². The van der Waals surface area contributed by atoms with Crippen molar-refractivity contribution in [3.05, 3.63) is 35.2 Å². The molecule has 0 atom stereocenters. The summed E-state index contributed by atoms with van der Waals surface area (Å²) in [5.41, 5.74) is 0.0949. The van der Waals surface area contributed by atoms with E-state index in [-0.39, 0.29) is 5.71 Å². The van der Waals surface area contributed by atoms with Crippen LogP contribution < -0.4 is 0 Å². The van der Waals surface area contributed by atoms with Gasteiger partial charge in [0, 0.05) is 4.70 Å². The average Bonchev–Trinajstić information content (AvgIpc) is 2.77. The van der Waals surface area contributed by atoms with Gasteiger partial charge in [-0.2, -0.15) is 0 Å². The van der Waals surface area contributed by atoms with Crippen molar-refractivity contribution < 1.29 is 19.5 Å². The molecule has 2 rings (SSSR count). The molecular formula is C12H9NO4S. The summed E-state index contributed by atoms with van der Waals surface area (Å²) in [5.74, 6) is -1.14. The highest BCUT2D eigenvalue weighted by Gasteiger charge is 2.08. The number of carboxylic acid groups (broad SMARTS) is 1. The van der Waals surface area contributed by atoms with Gasteiger partial charge in [0.1, 0.15) is 0 Å². The lowest BCUT2D eigenvalue weighted by Gasteiger charge is -1.95. The van der Waals surface area contributed by atoms with Crippen LogP contribution in [0, 0.1) is 0 Å². The van der Waals surface area contributed by atoms with Gasteiger partial charge >= 0.3 is 5.97 Å². The second-order valence-corrected chi connectivity index (χ2v) is 4.49. The van der Waals surface area contributed by atoms with Gasteiger partial charge in [-0.1, -0.05) is 23.4 Å². The maximum atomic E-state index is 10.9. The van der Waals surface area contributed by atoms with Gasteiger partial charge in [-0.25, -0.2) is 4.79 Å². The third-order valence-corrected chi connectivity index (χ3v) is 3.28. The lowest BCUT2D eigenvalue weighted by atomic mass is 10.2. The molecule has 0 fully saturated rings. The van der Waals surface area contributed by atoms with Crippen molar-refractivity contribution in [1.29, 1.82) is 0 Å². The number of carboxylic acids is 1. The van der Waals surface area contributed by atoms with Crippen molar-refractivity contribution in [2.75, 3.05) is 6.61 Å². The van der Waals surface area contributed by atoms with Gasteiger partial charge in [-0.15, -0.1) is 11.3 Å². The molecule has 6 heteroatoms. The van der Waals surface area contributed by atoms with Gasteiger partial charge in [0.15, 0.2) is 12.0 Å². The Morgan fingerprint density at radius 1 is 1.44 bits per heavy atom. The van der Waals surface area contributed by atoms with Gasteiger partial charge in [0.05, 0.1) is 4.88 Å². The van der Waals surface area contributed by atoms with E-state index in [2.05, 4.69) is 9.99 Å². The van der Waals surface area contributed by atoms with Gasteiger partial charge < -0.3 is 9.94 Å². The van der Waals surface area contributed by atoms with Crippen molar-refractivity contribution in [2.45, 2.75) is 0 Å². The monoisotopic (exact) mass is 263 g/mol. The Bertz CT molecular complexity index is 584. The number of nitrogens with zero attached hydrogens (tertiary/aromatic N) is 1. The summed E-state index contributed by atoms with van der Waals surface area (Å²) in [5, 5.41) is 12.9. The molecule has 0 radical (unpaired) electrons. The normalized spacial score (nSPS) is 11.4. The second-order valence-electron chi connectivity index (χ2n) is 3.41. The zero-order valence-electron chi connectivity index (χ0n) is 9.20. The molecule has 0 spiro atoms. The third kappa shape index (κ3) is 2.72. The Balaban J connectivity index is 2.26. The van der Waals surface area contributed by atoms with Crippen LogP contribution in [0.1, 0.15) is 4.88 Å². The minimum absolute atomic E-state index is 0.0949. The standard InChI is InChI=1S/C12H9NO4S/c14-6-9(13-17-7-12(15)16)11-5-8-3-1-2-4-10(8)18-11/h1-6H,7H2,(H,15,16). The van der Waals surface area contributed by atoms with Crippen molar-refractivity contribution in [1.82, 2.24) is 0 Å². The second kappa shape index (κ2) is 5.42. The first kappa shape index (κ1) is 12.3. The minimum atomic E-state index is -1.14. The van der Waals surface area contributed by atoms with Gasteiger partial charge in [0.2, 0.25) is 6.61 Å². The van der Waals surface area contributed by atoms with Crippen LogP contribution in [0.25, 0.3) is 10.1 Å². The Kier molecular flexibility index (Phi) is 3.69. The van der Waals surface area contributed by atoms with Crippen molar-refractivity contribution in [3.8, 4) is 0 Å². The van der Waals surface area contributed by atoms with Gasteiger partial charge in [-0.3, -0.25) is 4.79 Å². The van der Waals surface area contributed by atoms with Crippen LogP contribution in [0.15, 0.2) is 35.5 Å². The Morgan fingerprint density at radius 2 is 2.22 bits per heavy atom. The number of carbonyl (C=O) groups excluding carboxylic acids is 1. The number of aldehydes is 1. The highest BCUT2D eigenvalue weighted by molar-refractivity contribution is 7.21. The number of benzene rings is 1. The molecule has 18 heavy (non-hydrogen) atoms. The first-order valence-electron chi connectivity index (χ1n) is 5.06. The maximum absolute atomic E-state index is 10.9.